The monoisotopic (exact) mass is 337 g/mol. The molecule has 6 heteroatoms. The third kappa shape index (κ3) is 2.55. The molecule has 1 N–H and O–H groups in total. The van der Waals surface area contributed by atoms with Crippen LogP contribution in [0.15, 0.2) is 70.4 Å². The molecule has 3 aromatic heterocycles. The van der Waals surface area contributed by atoms with Gasteiger partial charge in [0.1, 0.15) is 11.4 Å². The number of halogens is 1. The third-order valence-corrected chi connectivity index (χ3v) is 3.81. The summed E-state index contributed by atoms with van der Waals surface area (Å²) in [5.41, 5.74) is 1.91. The highest BCUT2D eigenvalue weighted by molar-refractivity contribution is 6.30. The molecule has 0 saturated heterocycles. The summed E-state index contributed by atoms with van der Waals surface area (Å²) in [6, 6.07) is 14.1. The first-order chi connectivity index (χ1) is 11.7. The molecule has 0 aliphatic carbocycles. The molecule has 0 aliphatic rings. The molecular formula is C18H12ClN3O2. The van der Waals surface area contributed by atoms with Gasteiger partial charge >= 0.3 is 0 Å². The number of phenols is 1. The number of aliphatic imine (C=N–C) groups is 1. The number of hydrogen-bond acceptors (Lipinski definition) is 4. The number of fused-ring (bicyclic) bond motifs is 1. The Bertz CT molecular complexity index is 1040. The number of hydrogen-bond donors (Lipinski definition) is 1. The first-order valence-electron chi connectivity index (χ1n) is 7.26. The molecule has 24 heavy (non-hydrogen) atoms. The van der Waals surface area contributed by atoms with E-state index in [1.807, 2.05) is 34.9 Å². The maximum atomic E-state index is 9.94. The molecular weight excluding hydrogens is 326 g/mol. The summed E-state index contributed by atoms with van der Waals surface area (Å²) in [5.74, 6) is 1.35. The van der Waals surface area contributed by atoms with Crippen LogP contribution in [0.2, 0.25) is 5.02 Å². The Morgan fingerprint density at radius 2 is 2.08 bits per heavy atom. The van der Waals surface area contributed by atoms with Gasteiger partial charge in [0.25, 0.3) is 0 Å². The smallest absolute Gasteiger partial charge is 0.168 e. The second-order valence-corrected chi connectivity index (χ2v) is 5.59. The molecule has 1 aromatic carbocycles. The van der Waals surface area contributed by atoms with E-state index in [9.17, 15) is 5.11 Å². The quantitative estimate of drug-likeness (QED) is 0.551. The highest BCUT2D eigenvalue weighted by atomic mass is 35.5. The van der Waals surface area contributed by atoms with Crippen molar-refractivity contribution in [3.8, 4) is 17.2 Å². The van der Waals surface area contributed by atoms with Gasteiger partial charge in [0.05, 0.1) is 6.26 Å². The van der Waals surface area contributed by atoms with E-state index in [0.717, 1.165) is 5.65 Å². The second kappa shape index (κ2) is 5.86. The van der Waals surface area contributed by atoms with Crippen LogP contribution in [-0.4, -0.2) is 20.7 Å². The number of aromatic nitrogens is 2. The fourth-order valence-electron chi connectivity index (χ4n) is 2.44. The number of rotatable bonds is 3. The van der Waals surface area contributed by atoms with Crippen molar-refractivity contribution in [2.45, 2.75) is 0 Å². The summed E-state index contributed by atoms with van der Waals surface area (Å²) in [6.45, 7) is 0. The van der Waals surface area contributed by atoms with Gasteiger partial charge in [-0.1, -0.05) is 17.7 Å². The van der Waals surface area contributed by atoms with Crippen molar-refractivity contribution in [1.29, 1.82) is 0 Å². The van der Waals surface area contributed by atoms with Crippen LogP contribution in [0.1, 0.15) is 5.56 Å². The van der Waals surface area contributed by atoms with Crippen molar-refractivity contribution in [3.05, 3.63) is 71.6 Å². The van der Waals surface area contributed by atoms with Gasteiger partial charge in [0, 0.05) is 23.0 Å². The fraction of sp³-hybridized carbons (Fsp3) is 0. The fourth-order valence-corrected chi connectivity index (χ4v) is 2.62. The normalized spacial score (nSPS) is 11.5. The van der Waals surface area contributed by atoms with Gasteiger partial charge in [-0.25, -0.2) is 9.98 Å². The van der Waals surface area contributed by atoms with Crippen LogP contribution in [-0.2, 0) is 0 Å². The molecule has 0 fully saturated rings. The topological polar surface area (TPSA) is 63.0 Å². The number of nitrogens with zero attached hydrogens (tertiary/aromatic N) is 3. The van der Waals surface area contributed by atoms with Crippen LogP contribution in [0.5, 0.6) is 5.75 Å². The molecule has 0 bridgehead atoms. The van der Waals surface area contributed by atoms with Gasteiger partial charge in [0.2, 0.25) is 0 Å². The van der Waals surface area contributed by atoms with Crippen molar-refractivity contribution in [3.63, 3.8) is 0 Å². The van der Waals surface area contributed by atoms with Crippen molar-refractivity contribution in [1.82, 2.24) is 9.38 Å². The van der Waals surface area contributed by atoms with Crippen molar-refractivity contribution in [2.24, 2.45) is 4.99 Å². The van der Waals surface area contributed by atoms with Crippen molar-refractivity contribution < 1.29 is 9.52 Å². The van der Waals surface area contributed by atoms with E-state index in [1.54, 1.807) is 30.7 Å². The van der Waals surface area contributed by atoms with Crippen molar-refractivity contribution in [2.75, 3.05) is 0 Å². The van der Waals surface area contributed by atoms with E-state index in [1.165, 1.54) is 6.07 Å². The number of benzene rings is 1. The molecule has 118 valence electrons. The predicted octanol–water partition coefficient (Wildman–Crippen LogP) is 4.70. The number of imidazole rings is 1. The lowest BCUT2D eigenvalue weighted by atomic mass is 10.2. The number of aromatic hydroxyl groups is 1. The molecule has 0 aliphatic heterocycles. The van der Waals surface area contributed by atoms with E-state index < -0.39 is 0 Å². The van der Waals surface area contributed by atoms with Gasteiger partial charge in [-0.15, -0.1) is 0 Å². The highest BCUT2D eigenvalue weighted by Gasteiger charge is 2.15. The summed E-state index contributed by atoms with van der Waals surface area (Å²) < 4.78 is 7.32. The van der Waals surface area contributed by atoms with Crippen LogP contribution in [0.25, 0.3) is 17.1 Å². The molecule has 0 amide bonds. The van der Waals surface area contributed by atoms with Gasteiger partial charge in [-0.2, -0.15) is 0 Å². The lowest BCUT2D eigenvalue weighted by Gasteiger charge is -2.00. The van der Waals surface area contributed by atoms with E-state index in [-0.39, 0.29) is 5.75 Å². The molecule has 0 spiro atoms. The van der Waals surface area contributed by atoms with E-state index in [4.69, 9.17) is 16.0 Å². The first kappa shape index (κ1) is 14.5. The van der Waals surface area contributed by atoms with E-state index in [2.05, 4.69) is 9.98 Å². The van der Waals surface area contributed by atoms with Crippen LogP contribution in [0.4, 0.5) is 5.82 Å². The Hall–Kier alpha value is -3.05. The van der Waals surface area contributed by atoms with Crippen LogP contribution < -0.4 is 0 Å². The molecule has 0 atom stereocenters. The van der Waals surface area contributed by atoms with Crippen LogP contribution in [0, 0.1) is 0 Å². The molecule has 0 unspecified atom stereocenters. The Morgan fingerprint density at radius 1 is 1.17 bits per heavy atom. The third-order valence-electron chi connectivity index (χ3n) is 3.57. The van der Waals surface area contributed by atoms with Gasteiger partial charge in [0.15, 0.2) is 17.3 Å². The van der Waals surface area contributed by atoms with Gasteiger partial charge < -0.3 is 9.52 Å². The molecule has 3 heterocycles. The number of furan rings is 1. The number of pyridine rings is 1. The van der Waals surface area contributed by atoms with Gasteiger partial charge in [-0.05, 0) is 42.5 Å². The zero-order valence-corrected chi connectivity index (χ0v) is 13.2. The summed E-state index contributed by atoms with van der Waals surface area (Å²) in [6.07, 6.45) is 5.03. The summed E-state index contributed by atoms with van der Waals surface area (Å²) in [5, 5.41) is 10.5. The molecule has 4 rings (SSSR count). The molecule has 0 saturated carbocycles. The molecule has 5 nitrogen and oxygen atoms in total. The lowest BCUT2D eigenvalue weighted by Crippen LogP contribution is -1.85. The Morgan fingerprint density at radius 3 is 2.92 bits per heavy atom. The minimum atomic E-state index is 0.108. The Labute approximate surface area is 142 Å². The maximum Gasteiger partial charge on any atom is 0.168 e. The molecule has 4 aromatic rings. The van der Waals surface area contributed by atoms with Crippen LogP contribution in [0.3, 0.4) is 0 Å². The largest absolute Gasteiger partial charge is 0.507 e. The number of phenolic OH excluding ortho intramolecular Hbond substituents is 1. The van der Waals surface area contributed by atoms with Crippen LogP contribution >= 0.6 is 11.6 Å². The van der Waals surface area contributed by atoms with E-state index >= 15 is 0 Å². The SMILES string of the molecule is Oc1ccc(Cl)cc1/C=N/c1c(-c2ccco2)nc2ccccn12. The lowest BCUT2D eigenvalue weighted by molar-refractivity contribution is 0.474. The minimum Gasteiger partial charge on any atom is -0.507 e. The summed E-state index contributed by atoms with van der Waals surface area (Å²) >= 11 is 5.98. The van der Waals surface area contributed by atoms with Crippen molar-refractivity contribution >= 4 is 29.3 Å². The molecule has 0 radical (unpaired) electrons. The summed E-state index contributed by atoms with van der Waals surface area (Å²) in [4.78, 5) is 9.09. The maximum absolute atomic E-state index is 9.94. The second-order valence-electron chi connectivity index (χ2n) is 5.15. The standard InChI is InChI=1S/C18H12ClN3O2/c19-13-6-7-14(23)12(10-13)11-20-18-17(15-4-3-9-24-15)21-16-5-1-2-8-22(16)18/h1-11,23H/b20-11+. The minimum absolute atomic E-state index is 0.108. The zero-order valence-electron chi connectivity index (χ0n) is 12.4. The predicted molar refractivity (Wildman–Crippen MR) is 93.3 cm³/mol. The highest BCUT2D eigenvalue weighted by Crippen LogP contribution is 2.31. The Balaban J connectivity index is 1.87. The average molecular weight is 338 g/mol. The zero-order chi connectivity index (χ0) is 16.5. The average Bonchev–Trinajstić information content (AvgIpc) is 3.23. The van der Waals surface area contributed by atoms with E-state index in [0.29, 0.717) is 27.9 Å². The Kier molecular flexibility index (Phi) is 3.55. The van der Waals surface area contributed by atoms with Gasteiger partial charge in [-0.3, -0.25) is 4.40 Å². The first-order valence-corrected chi connectivity index (χ1v) is 7.64. The summed E-state index contributed by atoms with van der Waals surface area (Å²) in [7, 11) is 0.